The van der Waals surface area contributed by atoms with E-state index in [1.54, 1.807) is 12.1 Å². The molecule has 7 heteroatoms. The highest BCUT2D eigenvalue weighted by Gasteiger charge is 2.24. The molecule has 0 unspecified atom stereocenters. The number of fused-ring (bicyclic) bond motifs is 1. The summed E-state index contributed by atoms with van der Waals surface area (Å²) in [5.74, 6) is -1.05. The first kappa shape index (κ1) is 18.4. The van der Waals surface area contributed by atoms with Gasteiger partial charge in [0.05, 0.1) is 11.3 Å². The molecule has 28 heavy (non-hydrogen) atoms. The number of rotatable bonds is 3. The van der Waals surface area contributed by atoms with Crippen LogP contribution in [-0.2, 0) is 4.79 Å². The first-order valence-electron chi connectivity index (χ1n) is 9.32. The summed E-state index contributed by atoms with van der Waals surface area (Å²) in [6.07, 6.45) is 2.48. The molecule has 0 atom stereocenters. The summed E-state index contributed by atoms with van der Waals surface area (Å²) in [5.41, 5.74) is 2.47. The van der Waals surface area contributed by atoms with Crippen LogP contribution in [0.1, 0.15) is 12.0 Å². The molecule has 5 nitrogen and oxygen atoms in total. The third-order valence-corrected chi connectivity index (χ3v) is 5.16. The molecule has 2 aromatic rings. The number of likely N-dealkylation sites (N-methyl/N-ethyl adjacent to an activating group) is 1. The molecule has 146 valence electrons. The molecule has 0 aliphatic carbocycles. The molecular weight excluding hydrogens is 362 g/mol. The van der Waals surface area contributed by atoms with Crippen LogP contribution in [0.25, 0.3) is 5.57 Å². The molecule has 1 saturated heterocycles. The van der Waals surface area contributed by atoms with E-state index in [2.05, 4.69) is 27.5 Å². The summed E-state index contributed by atoms with van der Waals surface area (Å²) >= 11 is 0. The largest absolute Gasteiger partial charge is 0.368 e. The Hall–Kier alpha value is -2.93. The van der Waals surface area contributed by atoms with Gasteiger partial charge in [-0.2, -0.15) is 0 Å². The standard InChI is InChI=1S/C21H22F2N4O/c1-26-7-2-8-27(10-9-26)20-6-4-15(12-18(20)23)24-13-17-16-11-14(22)3-5-19(16)25-21(17)28/h3-6,11-13,24H,2,7-10H2,1H3,(H,25,28)/b17-13+. The van der Waals surface area contributed by atoms with Crippen molar-refractivity contribution in [3.63, 3.8) is 0 Å². The monoisotopic (exact) mass is 384 g/mol. The second-order valence-electron chi connectivity index (χ2n) is 7.16. The number of anilines is 3. The van der Waals surface area contributed by atoms with Gasteiger partial charge in [-0.25, -0.2) is 8.78 Å². The van der Waals surface area contributed by atoms with Crippen LogP contribution >= 0.6 is 0 Å². The SMILES string of the molecule is CN1CCCN(c2ccc(N/C=C3/C(=O)Nc4ccc(F)cc43)cc2F)CC1. The third kappa shape index (κ3) is 3.71. The van der Waals surface area contributed by atoms with Crippen LogP contribution in [0, 0.1) is 11.6 Å². The van der Waals surface area contributed by atoms with Crippen molar-refractivity contribution in [1.82, 2.24) is 4.90 Å². The van der Waals surface area contributed by atoms with Crippen molar-refractivity contribution in [2.45, 2.75) is 6.42 Å². The molecule has 4 rings (SSSR count). The highest BCUT2D eigenvalue weighted by Crippen LogP contribution is 2.32. The van der Waals surface area contributed by atoms with Crippen LogP contribution < -0.4 is 15.5 Å². The van der Waals surface area contributed by atoms with Crippen LogP contribution in [0.15, 0.2) is 42.6 Å². The average molecular weight is 384 g/mol. The average Bonchev–Trinajstić information content (AvgIpc) is 2.82. The van der Waals surface area contributed by atoms with Crippen LogP contribution in [0.3, 0.4) is 0 Å². The van der Waals surface area contributed by atoms with Crippen LogP contribution in [0.5, 0.6) is 0 Å². The minimum atomic E-state index is -0.417. The zero-order valence-corrected chi connectivity index (χ0v) is 15.6. The van der Waals surface area contributed by atoms with Gasteiger partial charge in [-0.05, 0) is 56.4 Å². The van der Waals surface area contributed by atoms with Gasteiger partial charge >= 0.3 is 0 Å². The Bertz CT molecular complexity index is 944. The second kappa shape index (κ2) is 7.59. The molecule has 2 heterocycles. The molecule has 0 radical (unpaired) electrons. The van der Waals surface area contributed by atoms with Crippen LogP contribution in [0.2, 0.25) is 0 Å². The van der Waals surface area contributed by atoms with Gasteiger partial charge in [0.2, 0.25) is 0 Å². The third-order valence-electron chi connectivity index (χ3n) is 5.16. The molecule has 0 bridgehead atoms. The maximum Gasteiger partial charge on any atom is 0.257 e. The molecule has 0 aromatic heterocycles. The molecular formula is C21H22F2N4O. The molecule has 2 aliphatic rings. The Kier molecular flexibility index (Phi) is 5.00. The Labute approximate surface area is 162 Å². The number of amides is 1. The predicted molar refractivity (Wildman–Crippen MR) is 107 cm³/mol. The fraction of sp³-hybridized carbons (Fsp3) is 0.286. The van der Waals surface area contributed by atoms with Gasteiger partial charge in [-0.3, -0.25) is 4.79 Å². The van der Waals surface area contributed by atoms with Gasteiger partial charge in [0, 0.05) is 42.8 Å². The summed E-state index contributed by atoms with van der Waals surface area (Å²) in [7, 11) is 2.07. The molecule has 2 N–H and O–H groups in total. The van der Waals surface area contributed by atoms with E-state index in [1.807, 2.05) is 0 Å². The quantitative estimate of drug-likeness (QED) is 0.795. The number of benzene rings is 2. The Balaban J connectivity index is 1.52. The number of nitrogens with one attached hydrogen (secondary N) is 2. The number of halogens is 2. The van der Waals surface area contributed by atoms with Crippen molar-refractivity contribution in [2.75, 3.05) is 48.8 Å². The first-order valence-corrected chi connectivity index (χ1v) is 9.32. The van der Waals surface area contributed by atoms with Crippen molar-refractivity contribution in [3.05, 3.63) is 59.8 Å². The van der Waals surface area contributed by atoms with Gasteiger partial charge in [-0.1, -0.05) is 0 Å². The maximum atomic E-state index is 14.7. The highest BCUT2D eigenvalue weighted by molar-refractivity contribution is 6.31. The summed E-state index contributed by atoms with van der Waals surface area (Å²) in [6, 6.07) is 9.08. The van der Waals surface area contributed by atoms with Crippen molar-refractivity contribution in [3.8, 4) is 0 Å². The van der Waals surface area contributed by atoms with E-state index in [0.29, 0.717) is 28.2 Å². The van der Waals surface area contributed by atoms with Crippen molar-refractivity contribution >= 4 is 28.5 Å². The fourth-order valence-electron chi connectivity index (χ4n) is 3.60. The van der Waals surface area contributed by atoms with E-state index in [0.717, 1.165) is 32.6 Å². The van der Waals surface area contributed by atoms with Gasteiger partial charge < -0.3 is 20.4 Å². The minimum Gasteiger partial charge on any atom is -0.368 e. The van der Waals surface area contributed by atoms with E-state index < -0.39 is 5.82 Å². The maximum absolute atomic E-state index is 14.7. The molecule has 0 saturated carbocycles. The predicted octanol–water partition coefficient (Wildman–Crippen LogP) is 3.51. The number of hydrogen-bond donors (Lipinski definition) is 2. The van der Waals surface area contributed by atoms with Crippen LogP contribution in [-0.4, -0.2) is 44.0 Å². The fourth-order valence-corrected chi connectivity index (χ4v) is 3.60. The molecule has 1 amide bonds. The number of carbonyl (C=O) groups excluding carboxylic acids is 1. The topological polar surface area (TPSA) is 47.6 Å². The van der Waals surface area contributed by atoms with E-state index >= 15 is 0 Å². The zero-order chi connectivity index (χ0) is 19.7. The van der Waals surface area contributed by atoms with Crippen molar-refractivity contribution in [2.24, 2.45) is 0 Å². The molecule has 2 aliphatic heterocycles. The summed E-state index contributed by atoms with van der Waals surface area (Å²) in [6.45, 7) is 3.51. The Morgan fingerprint density at radius 2 is 1.93 bits per heavy atom. The lowest BCUT2D eigenvalue weighted by atomic mass is 10.1. The lowest BCUT2D eigenvalue weighted by molar-refractivity contribution is -0.110. The lowest BCUT2D eigenvalue weighted by Gasteiger charge is -2.23. The van der Waals surface area contributed by atoms with Crippen LogP contribution in [0.4, 0.5) is 25.8 Å². The minimum absolute atomic E-state index is 0.310. The summed E-state index contributed by atoms with van der Waals surface area (Å²) in [4.78, 5) is 16.4. The zero-order valence-electron chi connectivity index (χ0n) is 15.6. The summed E-state index contributed by atoms with van der Waals surface area (Å²) in [5, 5.41) is 5.64. The number of nitrogens with zero attached hydrogens (tertiary/aromatic N) is 2. The first-order chi connectivity index (χ1) is 13.5. The van der Waals surface area contributed by atoms with E-state index in [9.17, 15) is 13.6 Å². The number of carbonyl (C=O) groups is 1. The smallest absolute Gasteiger partial charge is 0.257 e. The molecule has 2 aromatic carbocycles. The molecule has 0 spiro atoms. The Morgan fingerprint density at radius 3 is 2.75 bits per heavy atom. The number of hydrogen-bond acceptors (Lipinski definition) is 4. The van der Waals surface area contributed by atoms with E-state index in [4.69, 9.17) is 0 Å². The normalized spacial score (nSPS) is 18.8. The second-order valence-corrected chi connectivity index (χ2v) is 7.16. The lowest BCUT2D eigenvalue weighted by Crippen LogP contribution is -2.29. The van der Waals surface area contributed by atoms with Gasteiger partial charge in [0.25, 0.3) is 5.91 Å². The van der Waals surface area contributed by atoms with Crippen molar-refractivity contribution < 1.29 is 13.6 Å². The Morgan fingerprint density at radius 1 is 1.07 bits per heavy atom. The van der Waals surface area contributed by atoms with Crippen molar-refractivity contribution in [1.29, 1.82) is 0 Å². The van der Waals surface area contributed by atoms with E-state index in [1.165, 1.54) is 30.5 Å². The summed E-state index contributed by atoms with van der Waals surface area (Å²) < 4.78 is 28.2. The molecule has 1 fully saturated rings. The van der Waals surface area contributed by atoms with Gasteiger partial charge in [0.15, 0.2) is 0 Å². The van der Waals surface area contributed by atoms with E-state index in [-0.39, 0.29) is 11.7 Å². The van der Waals surface area contributed by atoms with Gasteiger partial charge in [0.1, 0.15) is 11.6 Å². The van der Waals surface area contributed by atoms with Gasteiger partial charge in [-0.15, -0.1) is 0 Å². The highest BCUT2D eigenvalue weighted by atomic mass is 19.1.